The summed E-state index contributed by atoms with van der Waals surface area (Å²) < 4.78 is 10.5. The van der Waals surface area contributed by atoms with Crippen LogP contribution in [-0.2, 0) is 9.47 Å². The third kappa shape index (κ3) is 2.27. The Labute approximate surface area is 80.2 Å². The first kappa shape index (κ1) is 10.2. The summed E-state index contributed by atoms with van der Waals surface area (Å²) in [5.74, 6) is 2.83. The predicted octanol–water partition coefficient (Wildman–Crippen LogP) is 3.27. The number of allylic oxidation sites excluding steroid dienone is 1. The third-order valence-corrected chi connectivity index (χ3v) is 2.30. The minimum Gasteiger partial charge on any atom is -0.431 e. The summed E-state index contributed by atoms with van der Waals surface area (Å²) >= 11 is 0. The molecule has 0 bridgehead atoms. The average Bonchev–Trinajstić information content (AvgIpc) is 2.34. The molecule has 1 aliphatic rings. The SMILES string of the molecule is C=C1OC=C(C(C(C)C)C(C)C)O1. The zero-order chi connectivity index (χ0) is 10.0. The Hall–Kier alpha value is -0.920. The molecule has 0 N–H and O–H groups in total. The highest BCUT2D eigenvalue weighted by Crippen LogP contribution is 2.33. The maximum atomic E-state index is 5.39. The molecule has 0 radical (unpaired) electrons. The average molecular weight is 182 g/mol. The first-order chi connectivity index (χ1) is 6.02. The van der Waals surface area contributed by atoms with Gasteiger partial charge in [-0.1, -0.05) is 27.7 Å². The summed E-state index contributed by atoms with van der Waals surface area (Å²) in [6, 6.07) is 0. The van der Waals surface area contributed by atoms with Crippen LogP contribution in [0.4, 0.5) is 0 Å². The second-order valence-electron chi connectivity index (χ2n) is 4.13. The normalized spacial score (nSPS) is 16.5. The van der Waals surface area contributed by atoms with Gasteiger partial charge >= 0.3 is 0 Å². The molecule has 0 saturated heterocycles. The van der Waals surface area contributed by atoms with Crippen LogP contribution < -0.4 is 0 Å². The van der Waals surface area contributed by atoms with Crippen LogP contribution in [-0.4, -0.2) is 0 Å². The highest BCUT2D eigenvalue weighted by Gasteiger charge is 2.27. The molecule has 1 rings (SSSR count). The van der Waals surface area contributed by atoms with Crippen molar-refractivity contribution in [1.82, 2.24) is 0 Å². The lowest BCUT2D eigenvalue weighted by molar-refractivity contribution is 0.151. The Kier molecular flexibility index (Phi) is 3.02. The molecule has 1 aliphatic heterocycles. The summed E-state index contributed by atoms with van der Waals surface area (Å²) in [6.45, 7) is 12.4. The second-order valence-corrected chi connectivity index (χ2v) is 4.13. The largest absolute Gasteiger partial charge is 0.431 e. The van der Waals surface area contributed by atoms with Crippen LogP contribution in [0.25, 0.3) is 0 Å². The van der Waals surface area contributed by atoms with E-state index in [1.54, 1.807) is 6.26 Å². The van der Waals surface area contributed by atoms with Crippen molar-refractivity contribution < 1.29 is 9.47 Å². The van der Waals surface area contributed by atoms with Crippen molar-refractivity contribution >= 4 is 0 Å². The first-order valence-corrected chi connectivity index (χ1v) is 4.76. The first-order valence-electron chi connectivity index (χ1n) is 4.76. The van der Waals surface area contributed by atoms with E-state index in [0.717, 1.165) is 5.76 Å². The smallest absolute Gasteiger partial charge is 0.281 e. The van der Waals surface area contributed by atoms with Crippen molar-refractivity contribution in [2.45, 2.75) is 27.7 Å². The lowest BCUT2D eigenvalue weighted by Gasteiger charge is -2.23. The molecule has 0 amide bonds. The van der Waals surface area contributed by atoms with E-state index in [-0.39, 0.29) is 0 Å². The predicted molar refractivity (Wildman–Crippen MR) is 52.6 cm³/mol. The van der Waals surface area contributed by atoms with Gasteiger partial charge in [-0.05, 0) is 18.4 Å². The fraction of sp³-hybridized carbons (Fsp3) is 0.636. The van der Waals surface area contributed by atoms with E-state index < -0.39 is 0 Å². The van der Waals surface area contributed by atoms with Crippen molar-refractivity contribution in [3.8, 4) is 0 Å². The van der Waals surface area contributed by atoms with Gasteiger partial charge in [0, 0.05) is 5.92 Å². The lowest BCUT2D eigenvalue weighted by Crippen LogP contribution is -2.18. The number of hydrogen-bond donors (Lipinski definition) is 0. The van der Waals surface area contributed by atoms with Gasteiger partial charge in [-0.3, -0.25) is 0 Å². The topological polar surface area (TPSA) is 18.5 Å². The molecule has 0 unspecified atom stereocenters. The van der Waals surface area contributed by atoms with Gasteiger partial charge in [0.25, 0.3) is 5.95 Å². The van der Waals surface area contributed by atoms with Gasteiger partial charge in [0.2, 0.25) is 0 Å². The minimum absolute atomic E-state index is 0.390. The van der Waals surface area contributed by atoms with E-state index in [9.17, 15) is 0 Å². The number of ether oxygens (including phenoxy) is 2. The molecule has 2 heteroatoms. The van der Waals surface area contributed by atoms with Gasteiger partial charge in [-0.2, -0.15) is 0 Å². The molecule has 0 spiro atoms. The molecule has 1 heterocycles. The monoisotopic (exact) mass is 182 g/mol. The number of rotatable bonds is 3. The van der Waals surface area contributed by atoms with E-state index in [1.807, 2.05) is 0 Å². The molecule has 0 aliphatic carbocycles. The zero-order valence-corrected chi connectivity index (χ0v) is 8.83. The molecule has 0 atom stereocenters. The van der Waals surface area contributed by atoms with Crippen LogP contribution in [0.1, 0.15) is 27.7 Å². The minimum atomic E-state index is 0.390. The van der Waals surface area contributed by atoms with Crippen LogP contribution in [0.5, 0.6) is 0 Å². The molecule has 0 aromatic rings. The molecule has 0 aromatic heterocycles. The summed E-state index contributed by atoms with van der Waals surface area (Å²) in [6.07, 6.45) is 1.67. The van der Waals surface area contributed by atoms with Crippen LogP contribution in [0.15, 0.2) is 24.5 Å². The van der Waals surface area contributed by atoms with Crippen molar-refractivity contribution in [3.05, 3.63) is 24.5 Å². The lowest BCUT2D eigenvalue weighted by atomic mass is 9.84. The molecule has 0 aromatic carbocycles. The Balaban J connectivity index is 2.71. The van der Waals surface area contributed by atoms with E-state index in [4.69, 9.17) is 9.47 Å². The van der Waals surface area contributed by atoms with E-state index in [2.05, 4.69) is 34.3 Å². The summed E-state index contributed by atoms with van der Waals surface area (Å²) in [5.41, 5.74) is 0. The molecule has 0 saturated carbocycles. The number of hydrogen-bond acceptors (Lipinski definition) is 2. The summed E-state index contributed by atoms with van der Waals surface area (Å²) in [4.78, 5) is 0. The van der Waals surface area contributed by atoms with Crippen LogP contribution in [0.3, 0.4) is 0 Å². The molecule has 0 fully saturated rings. The van der Waals surface area contributed by atoms with E-state index >= 15 is 0 Å². The van der Waals surface area contributed by atoms with Crippen LogP contribution in [0, 0.1) is 17.8 Å². The molecular formula is C11H18O2. The molecule has 74 valence electrons. The second kappa shape index (κ2) is 3.86. The third-order valence-electron chi connectivity index (χ3n) is 2.30. The standard InChI is InChI=1S/C11H18O2/c1-7(2)11(8(3)4)10-6-12-9(5)13-10/h6-8,11H,5H2,1-4H3. The summed E-state index contributed by atoms with van der Waals surface area (Å²) in [5, 5.41) is 0. The quantitative estimate of drug-likeness (QED) is 0.667. The molecule has 2 nitrogen and oxygen atoms in total. The van der Waals surface area contributed by atoms with Gasteiger partial charge in [-0.15, -0.1) is 0 Å². The molecular weight excluding hydrogens is 164 g/mol. The van der Waals surface area contributed by atoms with Gasteiger partial charge < -0.3 is 9.47 Å². The van der Waals surface area contributed by atoms with Crippen LogP contribution in [0.2, 0.25) is 0 Å². The van der Waals surface area contributed by atoms with Gasteiger partial charge in [0.05, 0.1) is 0 Å². The fourth-order valence-corrected chi connectivity index (χ4v) is 1.88. The Morgan fingerprint density at radius 1 is 1.15 bits per heavy atom. The van der Waals surface area contributed by atoms with Crippen molar-refractivity contribution in [1.29, 1.82) is 0 Å². The highest BCUT2D eigenvalue weighted by atomic mass is 16.7. The van der Waals surface area contributed by atoms with Gasteiger partial charge in [0.15, 0.2) is 0 Å². The molecule has 13 heavy (non-hydrogen) atoms. The summed E-state index contributed by atoms with van der Waals surface area (Å²) in [7, 11) is 0. The van der Waals surface area contributed by atoms with Crippen molar-refractivity contribution in [3.63, 3.8) is 0 Å². The highest BCUT2D eigenvalue weighted by molar-refractivity contribution is 5.05. The maximum Gasteiger partial charge on any atom is 0.281 e. The fourth-order valence-electron chi connectivity index (χ4n) is 1.88. The maximum absolute atomic E-state index is 5.39. The van der Waals surface area contributed by atoms with Crippen molar-refractivity contribution in [2.24, 2.45) is 17.8 Å². The van der Waals surface area contributed by atoms with E-state index in [0.29, 0.717) is 23.7 Å². The van der Waals surface area contributed by atoms with Crippen molar-refractivity contribution in [2.75, 3.05) is 0 Å². The Morgan fingerprint density at radius 3 is 2.00 bits per heavy atom. The van der Waals surface area contributed by atoms with E-state index in [1.165, 1.54) is 0 Å². The Bertz CT molecular complexity index is 218. The Morgan fingerprint density at radius 2 is 1.69 bits per heavy atom. The zero-order valence-electron chi connectivity index (χ0n) is 8.83. The van der Waals surface area contributed by atoms with Gasteiger partial charge in [0.1, 0.15) is 12.0 Å². The van der Waals surface area contributed by atoms with Crippen LogP contribution >= 0.6 is 0 Å². The van der Waals surface area contributed by atoms with Gasteiger partial charge in [-0.25, -0.2) is 0 Å².